The van der Waals surface area contributed by atoms with Crippen LogP contribution >= 0.6 is 0 Å². The minimum absolute atomic E-state index is 0.0262. The van der Waals surface area contributed by atoms with Crippen LogP contribution in [0.1, 0.15) is 47.8 Å². The van der Waals surface area contributed by atoms with Gasteiger partial charge in [-0.2, -0.15) is 13.2 Å². The number of alkyl halides is 3. The number of nitrogens with zero attached hydrogens (tertiary/aromatic N) is 3. The smallest absolute Gasteiger partial charge is 0.354 e. The van der Waals surface area contributed by atoms with Crippen molar-refractivity contribution in [3.05, 3.63) is 89.1 Å². The van der Waals surface area contributed by atoms with Gasteiger partial charge in [0.05, 0.1) is 17.4 Å². The molecule has 2 aromatic carbocycles. The fourth-order valence-corrected chi connectivity index (χ4v) is 4.21. The van der Waals surface area contributed by atoms with Gasteiger partial charge < -0.3 is 10.2 Å². The molecular weight excluding hydrogens is 465 g/mol. The van der Waals surface area contributed by atoms with Crippen molar-refractivity contribution in [1.82, 2.24) is 9.88 Å². The third kappa shape index (κ3) is 6.43. The van der Waals surface area contributed by atoms with Crippen LogP contribution in [0.5, 0.6) is 0 Å². The van der Waals surface area contributed by atoms with Crippen LogP contribution in [0.3, 0.4) is 0 Å². The van der Waals surface area contributed by atoms with E-state index in [-0.39, 0.29) is 11.3 Å². The first-order chi connectivity index (χ1) is 17.0. The molecule has 3 aromatic rings. The average Bonchev–Trinajstić information content (AvgIpc) is 2.84. The third-order valence-electron chi connectivity index (χ3n) is 6.38. The van der Waals surface area contributed by atoms with Gasteiger partial charge >= 0.3 is 6.18 Å². The number of halogens is 3. The molecule has 8 heteroatoms. The second-order valence-corrected chi connectivity index (χ2v) is 10.1. The van der Waals surface area contributed by atoms with E-state index in [4.69, 9.17) is 0 Å². The van der Waals surface area contributed by atoms with Crippen molar-refractivity contribution in [2.45, 2.75) is 38.9 Å². The highest BCUT2D eigenvalue weighted by Gasteiger charge is 2.30. The molecule has 0 unspecified atom stereocenters. The molecule has 0 atom stereocenters. The lowest BCUT2D eigenvalue weighted by Crippen LogP contribution is -2.46. The van der Waals surface area contributed by atoms with Gasteiger partial charge in [0.1, 0.15) is 5.82 Å². The summed E-state index contributed by atoms with van der Waals surface area (Å²) >= 11 is 0. The van der Waals surface area contributed by atoms with E-state index in [9.17, 15) is 18.0 Å². The Hall–Kier alpha value is -3.39. The van der Waals surface area contributed by atoms with Gasteiger partial charge in [-0.1, -0.05) is 51.1 Å². The Bertz CT molecular complexity index is 1180. The number of hydrogen-bond acceptors (Lipinski definition) is 4. The molecule has 0 saturated carbocycles. The molecule has 0 aliphatic carbocycles. The summed E-state index contributed by atoms with van der Waals surface area (Å²) in [5, 5.41) is 2.89. The molecule has 190 valence electrons. The fraction of sp³-hybridized carbons (Fsp3) is 0.357. The second kappa shape index (κ2) is 10.3. The molecule has 1 amide bonds. The van der Waals surface area contributed by atoms with Crippen molar-refractivity contribution >= 4 is 17.4 Å². The first kappa shape index (κ1) is 25.7. The monoisotopic (exact) mass is 496 g/mol. The fourth-order valence-electron chi connectivity index (χ4n) is 4.21. The summed E-state index contributed by atoms with van der Waals surface area (Å²) in [6.45, 7) is 9.76. The predicted octanol–water partition coefficient (Wildman–Crippen LogP) is 5.97. The van der Waals surface area contributed by atoms with E-state index in [1.165, 1.54) is 17.7 Å². The van der Waals surface area contributed by atoms with Gasteiger partial charge in [-0.3, -0.25) is 9.69 Å². The maximum atomic E-state index is 13.0. The van der Waals surface area contributed by atoms with Crippen molar-refractivity contribution in [3.63, 3.8) is 0 Å². The van der Waals surface area contributed by atoms with E-state index in [2.05, 4.69) is 40.9 Å². The van der Waals surface area contributed by atoms with Gasteiger partial charge in [0.15, 0.2) is 0 Å². The second-order valence-electron chi connectivity index (χ2n) is 10.1. The van der Waals surface area contributed by atoms with E-state index in [1.54, 1.807) is 12.3 Å². The normalized spacial score (nSPS) is 15.1. The van der Waals surface area contributed by atoms with Gasteiger partial charge in [-0.05, 0) is 46.9 Å². The van der Waals surface area contributed by atoms with Crippen LogP contribution in [0.25, 0.3) is 0 Å². The Morgan fingerprint density at radius 2 is 1.61 bits per heavy atom. The molecule has 0 radical (unpaired) electrons. The van der Waals surface area contributed by atoms with Crippen LogP contribution < -0.4 is 10.2 Å². The number of aromatic nitrogens is 1. The Labute approximate surface area is 210 Å². The lowest BCUT2D eigenvalue weighted by atomic mass is 9.87. The zero-order chi connectivity index (χ0) is 25.9. The molecule has 1 aliphatic heterocycles. The van der Waals surface area contributed by atoms with E-state index in [1.807, 2.05) is 36.4 Å². The lowest BCUT2D eigenvalue weighted by molar-refractivity contribution is -0.137. The summed E-state index contributed by atoms with van der Waals surface area (Å²) in [7, 11) is 0. The van der Waals surface area contributed by atoms with Crippen molar-refractivity contribution in [2.75, 3.05) is 36.4 Å². The molecule has 2 heterocycles. The van der Waals surface area contributed by atoms with Crippen LogP contribution in [0.2, 0.25) is 0 Å². The number of piperazine rings is 1. The average molecular weight is 497 g/mol. The van der Waals surface area contributed by atoms with Crippen LogP contribution in [0.15, 0.2) is 66.9 Å². The van der Waals surface area contributed by atoms with Gasteiger partial charge in [-0.15, -0.1) is 0 Å². The standard InChI is InChI=1S/C28H31F3N4O/c1-27(2,3)22-9-7-21(8-10-22)26(36)33-24-11-12-25(32-18-24)35-15-13-34(14-16-35)19-20-5-4-6-23(17-20)28(29,30)31/h4-12,17-18H,13-16,19H2,1-3H3,(H,33,36). The number of anilines is 2. The van der Waals surface area contributed by atoms with Crippen LogP contribution in [-0.4, -0.2) is 42.0 Å². The Kier molecular flexibility index (Phi) is 7.36. The molecule has 1 saturated heterocycles. The lowest BCUT2D eigenvalue weighted by Gasteiger charge is -2.35. The molecule has 36 heavy (non-hydrogen) atoms. The summed E-state index contributed by atoms with van der Waals surface area (Å²) < 4.78 is 38.9. The summed E-state index contributed by atoms with van der Waals surface area (Å²) in [4.78, 5) is 21.4. The maximum absolute atomic E-state index is 13.0. The first-order valence-electron chi connectivity index (χ1n) is 12.0. The van der Waals surface area contributed by atoms with Crippen molar-refractivity contribution < 1.29 is 18.0 Å². The topological polar surface area (TPSA) is 48.5 Å². The highest BCUT2D eigenvalue weighted by molar-refractivity contribution is 6.04. The zero-order valence-electron chi connectivity index (χ0n) is 20.8. The number of benzene rings is 2. The highest BCUT2D eigenvalue weighted by atomic mass is 19.4. The number of amides is 1. The molecule has 0 bridgehead atoms. The largest absolute Gasteiger partial charge is 0.416 e. The van der Waals surface area contributed by atoms with Crippen molar-refractivity contribution in [2.24, 2.45) is 0 Å². The molecule has 1 aromatic heterocycles. The third-order valence-corrected chi connectivity index (χ3v) is 6.38. The van der Waals surface area contributed by atoms with E-state index in [0.29, 0.717) is 23.4 Å². The Morgan fingerprint density at radius 1 is 0.917 bits per heavy atom. The number of carbonyl (C=O) groups excluding carboxylic acids is 1. The summed E-state index contributed by atoms with van der Waals surface area (Å²) in [6.07, 6.45) is -2.69. The van der Waals surface area contributed by atoms with Crippen molar-refractivity contribution in [1.29, 1.82) is 0 Å². The van der Waals surface area contributed by atoms with E-state index < -0.39 is 11.7 Å². The first-order valence-corrected chi connectivity index (χ1v) is 12.0. The number of pyridine rings is 1. The number of rotatable bonds is 5. The van der Waals surface area contributed by atoms with Crippen LogP contribution in [0, 0.1) is 0 Å². The quantitative estimate of drug-likeness (QED) is 0.473. The van der Waals surface area contributed by atoms with Gasteiger partial charge in [-0.25, -0.2) is 4.98 Å². The maximum Gasteiger partial charge on any atom is 0.416 e. The van der Waals surface area contributed by atoms with Gasteiger partial charge in [0.25, 0.3) is 5.91 Å². The van der Waals surface area contributed by atoms with Gasteiger partial charge in [0.2, 0.25) is 0 Å². The molecular formula is C28H31F3N4O. The zero-order valence-corrected chi connectivity index (χ0v) is 20.8. The van der Waals surface area contributed by atoms with Gasteiger partial charge in [0, 0.05) is 38.3 Å². The number of carbonyl (C=O) groups is 1. The van der Waals surface area contributed by atoms with Crippen LogP contribution in [-0.2, 0) is 18.1 Å². The molecule has 4 rings (SSSR count). The Morgan fingerprint density at radius 3 is 2.19 bits per heavy atom. The summed E-state index contributed by atoms with van der Waals surface area (Å²) in [5.74, 6) is 0.620. The summed E-state index contributed by atoms with van der Waals surface area (Å²) in [5.41, 5.74) is 2.44. The van der Waals surface area contributed by atoms with Crippen molar-refractivity contribution in [3.8, 4) is 0 Å². The van der Waals surface area contributed by atoms with E-state index >= 15 is 0 Å². The number of hydrogen-bond donors (Lipinski definition) is 1. The minimum atomic E-state index is -4.33. The molecule has 1 fully saturated rings. The Balaban J connectivity index is 1.29. The molecule has 1 aliphatic rings. The summed E-state index contributed by atoms with van der Waals surface area (Å²) in [6, 6.07) is 16.8. The highest BCUT2D eigenvalue weighted by Crippen LogP contribution is 2.30. The molecule has 5 nitrogen and oxygen atoms in total. The predicted molar refractivity (Wildman–Crippen MR) is 136 cm³/mol. The number of nitrogens with one attached hydrogen (secondary N) is 1. The van der Waals surface area contributed by atoms with Crippen LogP contribution in [0.4, 0.5) is 24.7 Å². The molecule has 0 spiro atoms. The SMILES string of the molecule is CC(C)(C)c1ccc(C(=O)Nc2ccc(N3CCN(Cc4cccc(C(F)(F)F)c4)CC3)nc2)cc1. The minimum Gasteiger partial charge on any atom is -0.354 e. The van der Waals surface area contributed by atoms with E-state index in [0.717, 1.165) is 38.1 Å². The molecule has 1 N–H and O–H groups in total.